The van der Waals surface area contributed by atoms with E-state index in [9.17, 15) is 9.59 Å². The van der Waals surface area contributed by atoms with Crippen LogP contribution in [0.3, 0.4) is 0 Å². The zero-order valence-electron chi connectivity index (χ0n) is 19.8. The third kappa shape index (κ3) is 7.47. The highest BCUT2D eigenvalue weighted by atomic mass is 35.5. The summed E-state index contributed by atoms with van der Waals surface area (Å²) in [5.74, 6) is -0.478. The number of hydrogen-bond acceptors (Lipinski definition) is 2. The van der Waals surface area contributed by atoms with E-state index in [1.165, 1.54) is 0 Å². The number of carbonyl (C=O) groups is 2. The predicted molar refractivity (Wildman–Crippen MR) is 144 cm³/mol. The van der Waals surface area contributed by atoms with Crippen LogP contribution in [0.1, 0.15) is 37.0 Å². The zero-order valence-corrected chi connectivity index (χ0v) is 22.1. The van der Waals surface area contributed by atoms with Crippen molar-refractivity contribution in [2.45, 2.75) is 51.7 Å². The van der Waals surface area contributed by atoms with Crippen LogP contribution in [0.4, 0.5) is 0 Å². The van der Waals surface area contributed by atoms with Gasteiger partial charge in [0.15, 0.2) is 0 Å². The fourth-order valence-corrected chi connectivity index (χ4v) is 4.49. The molecule has 3 rings (SSSR count). The van der Waals surface area contributed by atoms with Crippen molar-refractivity contribution in [3.63, 3.8) is 0 Å². The molecule has 2 amide bonds. The Bertz CT molecular complexity index is 1130. The van der Waals surface area contributed by atoms with Gasteiger partial charge in [-0.2, -0.15) is 0 Å². The first-order valence-electron chi connectivity index (χ1n) is 11.6. The summed E-state index contributed by atoms with van der Waals surface area (Å²) in [6.07, 6.45) is 1.10. The lowest BCUT2D eigenvalue weighted by Gasteiger charge is -2.33. The smallest absolute Gasteiger partial charge is 0.243 e. The summed E-state index contributed by atoms with van der Waals surface area (Å²) in [6, 6.07) is 21.3. The van der Waals surface area contributed by atoms with Gasteiger partial charge in [-0.15, -0.1) is 0 Å². The second kappa shape index (κ2) is 13.0. The van der Waals surface area contributed by atoms with E-state index in [0.717, 1.165) is 17.5 Å². The van der Waals surface area contributed by atoms with E-state index in [1.807, 2.05) is 62.4 Å². The highest BCUT2D eigenvalue weighted by Gasteiger charge is 2.32. The average molecular weight is 532 g/mol. The van der Waals surface area contributed by atoms with Gasteiger partial charge in [-0.1, -0.05) is 96.3 Å². The van der Waals surface area contributed by atoms with Gasteiger partial charge in [0.25, 0.3) is 0 Å². The molecule has 0 radical (unpaired) electrons. The molecule has 184 valence electrons. The van der Waals surface area contributed by atoms with Crippen LogP contribution in [0.2, 0.25) is 15.1 Å². The van der Waals surface area contributed by atoms with Crippen molar-refractivity contribution >= 4 is 46.6 Å². The molecule has 0 unspecified atom stereocenters. The third-order valence-corrected chi connectivity index (χ3v) is 7.04. The van der Waals surface area contributed by atoms with Crippen LogP contribution >= 0.6 is 34.8 Å². The maximum absolute atomic E-state index is 13.8. The van der Waals surface area contributed by atoms with E-state index in [1.54, 1.807) is 29.2 Å². The molecule has 0 saturated heterocycles. The van der Waals surface area contributed by atoms with Crippen LogP contribution in [0.5, 0.6) is 0 Å². The molecule has 4 nitrogen and oxygen atoms in total. The molecule has 7 heteroatoms. The highest BCUT2D eigenvalue weighted by Crippen LogP contribution is 2.27. The molecule has 3 aromatic carbocycles. The van der Waals surface area contributed by atoms with Crippen LogP contribution in [0, 0.1) is 0 Å². The Morgan fingerprint density at radius 2 is 1.46 bits per heavy atom. The first-order valence-corrected chi connectivity index (χ1v) is 12.7. The molecule has 2 atom stereocenters. The van der Waals surface area contributed by atoms with Crippen molar-refractivity contribution in [2.75, 3.05) is 0 Å². The van der Waals surface area contributed by atoms with Gasteiger partial charge >= 0.3 is 0 Å². The van der Waals surface area contributed by atoms with E-state index in [2.05, 4.69) is 5.32 Å². The number of hydrogen-bond donors (Lipinski definition) is 1. The lowest BCUT2D eigenvalue weighted by molar-refractivity contribution is -0.141. The number of carbonyl (C=O) groups excluding carboxylic acids is 2. The quantitative estimate of drug-likeness (QED) is 0.315. The first kappa shape index (κ1) is 27.1. The van der Waals surface area contributed by atoms with E-state index >= 15 is 0 Å². The summed E-state index contributed by atoms with van der Waals surface area (Å²) >= 11 is 19.2. The van der Waals surface area contributed by atoms with Crippen molar-refractivity contribution in [3.05, 3.63) is 105 Å². The standard InChI is InChI=1S/C28H29Cl3N2O2/c1-3-19(2)32-28(35)26(16-20-10-5-4-6-11-20)33(18-21-12-7-8-13-23(21)29)27(34)17-22-24(30)14-9-15-25(22)31/h4-15,19,26H,3,16-18H2,1-2H3,(H,32,35)/t19-,26+/m0/s1. The molecule has 0 aliphatic carbocycles. The van der Waals surface area contributed by atoms with Gasteiger partial charge in [-0.3, -0.25) is 9.59 Å². The molecule has 3 aromatic rings. The summed E-state index contributed by atoms with van der Waals surface area (Å²) in [5, 5.41) is 4.40. The number of nitrogens with zero attached hydrogens (tertiary/aromatic N) is 1. The van der Waals surface area contributed by atoms with Crippen molar-refractivity contribution in [3.8, 4) is 0 Å². The minimum Gasteiger partial charge on any atom is -0.352 e. The summed E-state index contributed by atoms with van der Waals surface area (Å²) in [6.45, 7) is 4.12. The molecule has 0 aromatic heterocycles. The van der Waals surface area contributed by atoms with Crippen molar-refractivity contribution in [2.24, 2.45) is 0 Å². The Hall–Kier alpha value is -2.53. The highest BCUT2D eigenvalue weighted by molar-refractivity contribution is 6.36. The van der Waals surface area contributed by atoms with E-state index < -0.39 is 6.04 Å². The Morgan fingerprint density at radius 3 is 2.09 bits per heavy atom. The van der Waals surface area contributed by atoms with E-state index in [-0.39, 0.29) is 30.8 Å². The molecule has 0 spiro atoms. The molecule has 0 heterocycles. The number of rotatable bonds is 10. The molecular formula is C28H29Cl3N2O2. The zero-order chi connectivity index (χ0) is 25.4. The number of halogens is 3. The summed E-state index contributed by atoms with van der Waals surface area (Å²) in [4.78, 5) is 28.9. The monoisotopic (exact) mass is 530 g/mol. The second-order valence-corrected chi connectivity index (χ2v) is 9.74. The Morgan fingerprint density at radius 1 is 0.857 bits per heavy atom. The van der Waals surface area contributed by atoms with Crippen LogP contribution in [-0.2, 0) is 29.0 Å². The molecular weight excluding hydrogens is 503 g/mol. The van der Waals surface area contributed by atoms with Gasteiger partial charge in [-0.05, 0) is 48.2 Å². The van der Waals surface area contributed by atoms with Gasteiger partial charge < -0.3 is 10.2 Å². The van der Waals surface area contributed by atoms with Crippen molar-refractivity contribution in [1.29, 1.82) is 0 Å². The third-order valence-electron chi connectivity index (χ3n) is 5.96. The largest absolute Gasteiger partial charge is 0.352 e. The van der Waals surface area contributed by atoms with Crippen LogP contribution < -0.4 is 5.32 Å². The van der Waals surface area contributed by atoms with Crippen molar-refractivity contribution in [1.82, 2.24) is 10.2 Å². The van der Waals surface area contributed by atoms with Gasteiger partial charge in [0, 0.05) is 34.1 Å². The predicted octanol–water partition coefficient (Wildman–Crippen LogP) is 6.74. The van der Waals surface area contributed by atoms with Gasteiger partial charge in [0.05, 0.1) is 6.42 Å². The van der Waals surface area contributed by atoms with Crippen molar-refractivity contribution < 1.29 is 9.59 Å². The second-order valence-electron chi connectivity index (χ2n) is 8.51. The summed E-state index contributed by atoms with van der Waals surface area (Å²) in [7, 11) is 0. The van der Waals surface area contributed by atoms with Gasteiger partial charge in [-0.25, -0.2) is 0 Å². The SMILES string of the molecule is CC[C@H](C)NC(=O)[C@@H](Cc1ccccc1)N(Cc1ccccc1Cl)C(=O)Cc1c(Cl)cccc1Cl. The number of nitrogens with one attached hydrogen (secondary N) is 1. The summed E-state index contributed by atoms with van der Waals surface area (Å²) < 4.78 is 0. The fourth-order valence-electron chi connectivity index (χ4n) is 3.76. The van der Waals surface area contributed by atoms with Crippen LogP contribution in [0.15, 0.2) is 72.8 Å². The maximum atomic E-state index is 13.8. The summed E-state index contributed by atoms with van der Waals surface area (Å²) in [5.41, 5.74) is 2.23. The average Bonchev–Trinajstić information content (AvgIpc) is 2.85. The lowest BCUT2D eigenvalue weighted by Crippen LogP contribution is -2.52. The molecule has 0 bridgehead atoms. The minimum atomic E-state index is -0.753. The normalized spacial score (nSPS) is 12.6. The number of benzene rings is 3. The van der Waals surface area contributed by atoms with E-state index in [0.29, 0.717) is 27.1 Å². The Kier molecular flexibility index (Phi) is 10.0. The molecule has 1 N–H and O–H groups in total. The topological polar surface area (TPSA) is 49.4 Å². The number of amides is 2. The minimum absolute atomic E-state index is 0.0314. The van der Waals surface area contributed by atoms with Gasteiger partial charge in [0.2, 0.25) is 11.8 Å². The maximum Gasteiger partial charge on any atom is 0.243 e. The fraction of sp³-hybridized carbons (Fsp3) is 0.286. The molecule has 0 aliphatic heterocycles. The first-order chi connectivity index (χ1) is 16.8. The van der Waals surface area contributed by atoms with Crippen LogP contribution in [0.25, 0.3) is 0 Å². The molecule has 35 heavy (non-hydrogen) atoms. The molecule has 0 aliphatic rings. The van der Waals surface area contributed by atoms with E-state index in [4.69, 9.17) is 34.8 Å². The lowest BCUT2D eigenvalue weighted by atomic mass is 10.0. The Labute approximate surface area is 222 Å². The van der Waals surface area contributed by atoms with Gasteiger partial charge in [0.1, 0.15) is 6.04 Å². The molecule has 0 fully saturated rings. The molecule has 0 saturated carbocycles. The Balaban J connectivity index is 2.02. The van der Waals surface area contributed by atoms with Crippen LogP contribution in [-0.4, -0.2) is 28.8 Å².